The molecule has 106 valence electrons. The number of aliphatic carboxylic acids is 1. The van der Waals surface area contributed by atoms with Gasteiger partial charge in [-0.2, -0.15) is 0 Å². The molecular formula is C18H16O3. The Morgan fingerprint density at radius 1 is 1.00 bits per heavy atom. The van der Waals surface area contributed by atoms with Crippen molar-refractivity contribution in [2.75, 3.05) is 0 Å². The van der Waals surface area contributed by atoms with Crippen LogP contribution in [0.2, 0.25) is 0 Å². The second kappa shape index (κ2) is 6.18. The molecule has 1 N–H and O–H groups in total. The molecule has 0 aromatic heterocycles. The van der Waals surface area contributed by atoms with Crippen LogP contribution in [0.3, 0.4) is 0 Å². The lowest BCUT2D eigenvalue weighted by atomic mass is 9.94. The fourth-order valence-corrected chi connectivity index (χ4v) is 2.11. The van der Waals surface area contributed by atoms with E-state index in [0.717, 1.165) is 17.2 Å². The van der Waals surface area contributed by atoms with E-state index in [0.29, 0.717) is 16.7 Å². The number of carbonyl (C=O) groups is 2. The predicted octanol–water partition coefficient (Wildman–Crippen LogP) is 3.63. The van der Waals surface area contributed by atoms with Crippen molar-refractivity contribution in [2.45, 2.75) is 13.8 Å². The Bertz CT molecular complexity index is 710. The average Bonchev–Trinajstić information content (AvgIpc) is 2.45. The van der Waals surface area contributed by atoms with Crippen LogP contribution in [0.25, 0.3) is 6.08 Å². The van der Waals surface area contributed by atoms with Crippen LogP contribution >= 0.6 is 0 Å². The number of carboxylic acids is 1. The number of aryl methyl sites for hydroxylation is 2. The molecule has 3 heteroatoms. The highest BCUT2D eigenvalue weighted by Crippen LogP contribution is 2.20. The molecule has 0 aliphatic rings. The van der Waals surface area contributed by atoms with Crippen LogP contribution in [0.1, 0.15) is 32.6 Å². The Morgan fingerprint density at radius 2 is 1.67 bits per heavy atom. The molecule has 2 aromatic carbocycles. The van der Waals surface area contributed by atoms with Crippen molar-refractivity contribution in [3.63, 3.8) is 0 Å². The largest absolute Gasteiger partial charge is 0.478 e. The van der Waals surface area contributed by atoms with Crippen molar-refractivity contribution in [1.82, 2.24) is 0 Å². The first-order valence-corrected chi connectivity index (χ1v) is 6.61. The van der Waals surface area contributed by atoms with Crippen LogP contribution in [0.5, 0.6) is 0 Å². The van der Waals surface area contributed by atoms with Crippen LogP contribution in [-0.2, 0) is 4.79 Å². The van der Waals surface area contributed by atoms with E-state index < -0.39 is 5.97 Å². The molecule has 3 nitrogen and oxygen atoms in total. The topological polar surface area (TPSA) is 54.4 Å². The van der Waals surface area contributed by atoms with Gasteiger partial charge in [0.15, 0.2) is 5.78 Å². The molecule has 0 atom stereocenters. The number of hydrogen-bond donors (Lipinski definition) is 1. The van der Waals surface area contributed by atoms with E-state index in [2.05, 4.69) is 0 Å². The zero-order chi connectivity index (χ0) is 15.4. The Kier molecular flexibility index (Phi) is 4.33. The summed E-state index contributed by atoms with van der Waals surface area (Å²) < 4.78 is 0. The number of ketones is 1. The summed E-state index contributed by atoms with van der Waals surface area (Å²) in [5.74, 6) is -1.14. The summed E-state index contributed by atoms with van der Waals surface area (Å²) in [6, 6.07) is 12.7. The molecule has 0 aliphatic heterocycles. The van der Waals surface area contributed by atoms with Gasteiger partial charge in [-0.15, -0.1) is 0 Å². The average molecular weight is 280 g/mol. The van der Waals surface area contributed by atoms with Gasteiger partial charge in [0.1, 0.15) is 0 Å². The third kappa shape index (κ3) is 3.45. The van der Waals surface area contributed by atoms with Gasteiger partial charge in [0.05, 0.1) is 0 Å². The zero-order valence-electron chi connectivity index (χ0n) is 12.0. The molecule has 0 amide bonds. The number of benzene rings is 2. The van der Waals surface area contributed by atoms with Crippen LogP contribution in [0.15, 0.2) is 48.5 Å². The van der Waals surface area contributed by atoms with Gasteiger partial charge >= 0.3 is 5.97 Å². The maximum Gasteiger partial charge on any atom is 0.328 e. The van der Waals surface area contributed by atoms with E-state index in [-0.39, 0.29) is 5.78 Å². The van der Waals surface area contributed by atoms with Gasteiger partial charge in [-0.1, -0.05) is 48.0 Å². The molecule has 0 saturated heterocycles. The first kappa shape index (κ1) is 14.7. The van der Waals surface area contributed by atoms with Crippen molar-refractivity contribution < 1.29 is 14.7 Å². The Labute approximate surface area is 123 Å². The van der Waals surface area contributed by atoms with Crippen LogP contribution in [0, 0.1) is 13.8 Å². The van der Waals surface area contributed by atoms with Gasteiger partial charge < -0.3 is 5.11 Å². The first-order chi connectivity index (χ1) is 9.99. The number of hydrogen-bond acceptors (Lipinski definition) is 2. The van der Waals surface area contributed by atoms with Crippen molar-refractivity contribution in [1.29, 1.82) is 0 Å². The SMILES string of the molecule is Cc1ccc(C(=O)c2cccc(C)c2/C=C/C(=O)O)cc1. The van der Waals surface area contributed by atoms with Gasteiger partial charge in [0.25, 0.3) is 0 Å². The fraction of sp³-hybridized carbons (Fsp3) is 0.111. The van der Waals surface area contributed by atoms with Gasteiger partial charge in [0, 0.05) is 17.2 Å². The summed E-state index contributed by atoms with van der Waals surface area (Å²) in [4.78, 5) is 23.3. The Hall–Kier alpha value is -2.68. The molecule has 0 fully saturated rings. The highest BCUT2D eigenvalue weighted by molar-refractivity contribution is 6.11. The lowest BCUT2D eigenvalue weighted by Gasteiger charge is -2.08. The van der Waals surface area contributed by atoms with Crippen LogP contribution < -0.4 is 0 Å². The molecule has 21 heavy (non-hydrogen) atoms. The summed E-state index contributed by atoms with van der Waals surface area (Å²) in [7, 11) is 0. The van der Waals surface area contributed by atoms with Gasteiger partial charge in [0.2, 0.25) is 0 Å². The van der Waals surface area contributed by atoms with E-state index >= 15 is 0 Å². The Morgan fingerprint density at radius 3 is 2.29 bits per heavy atom. The third-order valence-electron chi connectivity index (χ3n) is 3.28. The minimum Gasteiger partial charge on any atom is -0.478 e. The standard InChI is InChI=1S/C18H16O3/c1-12-6-8-14(9-7-12)18(21)16-5-3-4-13(2)15(16)10-11-17(19)20/h3-11H,1-2H3,(H,19,20)/b11-10+. The molecule has 0 saturated carbocycles. The monoisotopic (exact) mass is 280 g/mol. The molecule has 2 rings (SSSR count). The second-order valence-electron chi connectivity index (χ2n) is 4.90. The zero-order valence-corrected chi connectivity index (χ0v) is 12.0. The first-order valence-electron chi connectivity index (χ1n) is 6.61. The molecule has 2 aromatic rings. The smallest absolute Gasteiger partial charge is 0.328 e. The minimum atomic E-state index is -1.04. The van der Waals surface area contributed by atoms with Gasteiger partial charge in [-0.25, -0.2) is 4.79 Å². The van der Waals surface area contributed by atoms with E-state index in [4.69, 9.17) is 5.11 Å². The van der Waals surface area contributed by atoms with Gasteiger partial charge in [-0.05, 0) is 31.1 Å². The minimum absolute atomic E-state index is 0.108. The number of carboxylic acid groups (broad SMARTS) is 1. The highest BCUT2D eigenvalue weighted by atomic mass is 16.4. The highest BCUT2D eigenvalue weighted by Gasteiger charge is 2.13. The third-order valence-corrected chi connectivity index (χ3v) is 3.28. The molecular weight excluding hydrogens is 264 g/mol. The summed E-state index contributed by atoms with van der Waals surface area (Å²) in [5.41, 5.74) is 3.70. The molecule has 0 unspecified atom stereocenters. The summed E-state index contributed by atoms with van der Waals surface area (Å²) >= 11 is 0. The molecule has 0 spiro atoms. The maximum absolute atomic E-state index is 12.6. The second-order valence-corrected chi connectivity index (χ2v) is 4.90. The van der Waals surface area contributed by atoms with E-state index in [1.165, 1.54) is 6.08 Å². The van der Waals surface area contributed by atoms with E-state index in [1.54, 1.807) is 24.3 Å². The lowest BCUT2D eigenvalue weighted by Crippen LogP contribution is -2.05. The van der Waals surface area contributed by atoms with Crippen molar-refractivity contribution in [2.24, 2.45) is 0 Å². The molecule has 0 heterocycles. The molecule has 0 radical (unpaired) electrons. The maximum atomic E-state index is 12.6. The predicted molar refractivity (Wildman–Crippen MR) is 82.5 cm³/mol. The van der Waals surface area contributed by atoms with Crippen LogP contribution in [-0.4, -0.2) is 16.9 Å². The summed E-state index contributed by atoms with van der Waals surface area (Å²) in [5, 5.41) is 8.77. The van der Waals surface area contributed by atoms with E-state index in [1.807, 2.05) is 32.0 Å². The number of rotatable bonds is 4. The van der Waals surface area contributed by atoms with Gasteiger partial charge in [-0.3, -0.25) is 4.79 Å². The summed E-state index contributed by atoms with van der Waals surface area (Å²) in [6.45, 7) is 3.81. The van der Waals surface area contributed by atoms with Crippen LogP contribution in [0.4, 0.5) is 0 Å². The quantitative estimate of drug-likeness (QED) is 0.687. The summed E-state index contributed by atoms with van der Waals surface area (Å²) in [6.07, 6.45) is 2.52. The lowest BCUT2D eigenvalue weighted by molar-refractivity contribution is -0.131. The van der Waals surface area contributed by atoms with Crippen molar-refractivity contribution in [3.8, 4) is 0 Å². The van der Waals surface area contributed by atoms with Crippen molar-refractivity contribution >= 4 is 17.8 Å². The normalized spacial score (nSPS) is 10.8. The Balaban J connectivity index is 2.48. The van der Waals surface area contributed by atoms with Crippen molar-refractivity contribution in [3.05, 3.63) is 76.4 Å². The van der Waals surface area contributed by atoms with E-state index in [9.17, 15) is 9.59 Å². The molecule has 0 bridgehead atoms. The molecule has 0 aliphatic carbocycles. The fourth-order valence-electron chi connectivity index (χ4n) is 2.11. The number of carbonyl (C=O) groups excluding carboxylic acids is 1.